The molecule has 2 N–H and O–H groups in total. The van der Waals surface area contributed by atoms with E-state index in [1.807, 2.05) is 30.3 Å². The van der Waals surface area contributed by atoms with Crippen LogP contribution < -0.4 is 10.6 Å². The van der Waals surface area contributed by atoms with Crippen molar-refractivity contribution in [1.29, 1.82) is 0 Å². The molecule has 0 fully saturated rings. The molecule has 0 aliphatic carbocycles. The van der Waals surface area contributed by atoms with Crippen molar-refractivity contribution in [3.63, 3.8) is 0 Å². The summed E-state index contributed by atoms with van der Waals surface area (Å²) in [5.41, 5.74) is 1.69. The van der Waals surface area contributed by atoms with E-state index in [1.165, 1.54) is 13.1 Å². The van der Waals surface area contributed by atoms with Crippen molar-refractivity contribution in [3.8, 4) is 5.82 Å². The van der Waals surface area contributed by atoms with Gasteiger partial charge in [0, 0.05) is 33.7 Å². The molecule has 5 aromatic rings. The summed E-state index contributed by atoms with van der Waals surface area (Å²) < 4.78 is 2.86. The van der Waals surface area contributed by atoms with E-state index in [0.717, 1.165) is 20.3 Å². The maximum Gasteiger partial charge on any atom is 0.272 e. The number of rotatable bonds is 4. The van der Waals surface area contributed by atoms with Gasteiger partial charge < -0.3 is 10.6 Å². The lowest BCUT2D eigenvalue weighted by atomic mass is 10.1. The first-order chi connectivity index (χ1) is 16.4. The zero-order valence-electron chi connectivity index (χ0n) is 18.1. The van der Waals surface area contributed by atoms with Gasteiger partial charge in [0.15, 0.2) is 5.82 Å². The number of fused-ring (bicyclic) bond motifs is 3. The number of carbonyl (C=O) groups is 2. The molecule has 5 rings (SSSR count). The number of carbonyl (C=O) groups excluding carboxylic acids is 2. The zero-order valence-corrected chi connectivity index (χ0v) is 20.5. The fourth-order valence-corrected chi connectivity index (χ4v) is 5.67. The van der Waals surface area contributed by atoms with Crippen LogP contribution in [-0.4, -0.2) is 28.4 Å². The van der Waals surface area contributed by atoms with E-state index in [-0.39, 0.29) is 11.5 Å². The molecule has 9 heteroatoms. The zero-order chi connectivity index (χ0) is 24.0. The highest BCUT2D eigenvalue weighted by atomic mass is 35.5. The third kappa shape index (κ3) is 3.72. The van der Waals surface area contributed by atoms with Gasteiger partial charge in [-0.2, -0.15) is 0 Å². The fraction of sp³-hybridized carbons (Fsp3) is 0.0800. The molecule has 2 amide bonds. The number of anilines is 1. The van der Waals surface area contributed by atoms with Gasteiger partial charge in [-0.1, -0.05) is 41.4 Å². The Bertz CT molecular complexity index is 1610. The summed E-state index contributed by atoms with van der Waals surface area (Å²) in [6.45, 7) is 1.79. The highest BCUT2D eigenvalue weighted by Crippen LogP contribution is 2.39. The van der Waals surface area contributed by atoms with Crippen molar-refractivity contribution in [1.82, 2.24) is 14.9 Å². The average Bonchev–Trinajstić information content (AvgIpc) is 3.37. The van der Waals surface area contributed by atoms with Crippen LogP contribution in [0.4, 0.5) is 5.69 Å². The van der Waals surface area contributed by atoms with Crippen LogP contribution >= 0.6 is 34.5 Å². The number of hydrogen-bond donors (Lipinski definition) is 2. The quantitative estimate of drug-likeness (QED) is 0.292. The van der Waals surface area contributed by atoms with Gasteiger partial charge in [-0.05, 0) is 48.9 Å². The van der Waals surface area contributed by atoms with Crippen molar-refractivity contribution >= 4 is 72.3 Å². The minimum Gasteiger partial charge on any atom is -0.355 e. The predicted octanol–water partition coefficient (Wildman–Crippen LogP) is 6.47. The number of amides is 2. The van der Waals surface area contributed by atoms with Crippen molar-refractivity contribution in [3.05, 3.63) is 87.7 Å². The van der Waals surface area contributed by atoms with Crippen LogP contribution in [0.5, 0.6) is 0 Å². The molecule has 2 aromatic carbocycles. The first-order valence-corrected chi connectivity index (χ1v) is 11.9. The highest BCUT2D eigenvalue weighted by Gasteiger charge is 2.24. The molecule has 0 unspecified atom stereocenters. The summed E-state index contributed by atoms with van der Waals surface area (Å²) in [6.07, 6.45) is 1.63. The summed E-state index contributed by atoms with van der Waals surface area (Å²) >= 11 is 14.2. The molecule has 0 aliphatic rings. The SMILES string of the molecule is CNC(=O)c1cc(Cl)cc(C)c1NC(=O)c1cc2c3ccccc3sc2n1-c1ncccc1Cl. The van der Waals surface area contributed by atoms with Crippen LogP contribution in [0.1, 0.15) is 26.4 Å². The number of aromatic nitrogens is 2. The van der Waals surface area contributed by atoms with Gasteiger partial charge in [-0.25, -0.2) is 4.98 Å². The molecule has 0 atom stereocenters. The Morgan fingerprint density at radius 3 is 2.56 bits per heavy atom. The molecule has 0 saturated carbocycles. The van der Waals surface area contributed by atoms with Crippen LogP contribution in [0.2, 0.25) is 10.0 Å². The second-order valence-corrected chi connectivity index (χ2v) is 9.54. The number of aryl methyl sites for hydroxylation is 1. The number of nitrogens with one attached hydrogen (secondary N) is 2. The molecular weight excluding hydrogens is 491 g/mol. The van der Waals surface area contributed by atoms with E-state index in [9.17, 15) is 9.59 Å². The van der Waals surface area contributed by atoms with Gasteiger partial charge in [-0.3, -0.25) is 14.2 Å². The van der Waals surface area contributed by atoms with Crippen molar-refractivity contribution < 1.29 is 9.59 Å². The smallest absolute Gasteiger partial charge is 0.272 e. The van der Waals surface area contributed by atoms with E-state index >= 15 is 0 Å². The highest BCUT2D eigenvalue weighted by molar-refractivity contribution is 7.25. The van der Waals surface area contributed by atoms with Crippen molar-refractivity contribution in [2.45, 2.75) is 6.92 Å². The maximum absolute atomic E-state index is 13.7. The van der Waals surface area contributed by atoms with Crippen LogP contribution in [0, 0.1) is 6.92 Å². The summed E-state index contributed by atoms with van der Waals surface area (Å²) in [6, 6.07) is 16.5. The molecule has 0 aliphatic heterocycles. The number of benzene rings is 2. The third-order valence-electron chi connectivity index (χ3n) is 5.53. The van der Waals surface area contributed by atoms with Crippen LogP contribution in [0.15, 0.2) is 60.8 Å². The van der Waals surface area contributed by atoms with Crippen molar-refractivity contribution in [2.75, 3.05) is 12.4 Å². The molecule has 3 heterocycles. The second kappa shape index (κ2) is 8.76. The standard InChI is InChI=1S/C25H18Cl2N4O2S/c1-13-10-14(26)11-17(23(32)28-2)21(13)30-24(33)19-12-16-15-6-3-4-8-20(15)34-25(16)31(19)22-18(27)7-5-9-29-22/h3-12H,1-2H3,(H,28,32)(H,30,33). The second-order valence-electron chi connectivity index (χ2n) is 7.67. The van der Waals surface area contributed by atoms with Gasteiger partial charge in [0.05, 0.1) is 16.3 Å². The molecule has 0 radical (unpaired) electrons. The van der Waals surface area contributed by atoms with E-state index in [0.29, 0.717) is 32.8 Å². The molecule has 0 bridgehead atoms. The number of nitrogens with zero attached hydrogens (tertiary/aromatic N) is 2. The lowest BCUT2D eigenvalue weighted by Crippen LogP contribution is -2.23. The van der Waals surface area contributed by atoms with E-state index in [4.69, 9.17) is 23.2 Å². The largest absolute Gasteiger partial charge is 0.355 e. The molecule has 170 valence electrons. The minimum atomic E-state index is -0.398. The topological polar surface area (TPSA) is 76.0 Å². The number of pyridine rings is 1. The Kier molecular flexibility index (Phi) is 5.77. The van der Waals surface area contributed by atoms with Gasteiger partial charge in [0.2, 0.25) is 0 Å². The van der Waals surface area contributed by atoms with E-state index in [2.05, 4.69) is 15.6 Å². The van der Waals surface area contributed by atoms with Gasteiger partial charge >= 0.3 is 0 Å². The maximum atomic E-state index is 13.7. The number of halogens is 2. The lowest BCUT2D eigenvalue weighted by molar-refractivity contribution is 0.0964. The monoisotopic (exact) mass is 508 g/mol. The van der Waals surface area contributed by atoms with E-state index < -0.39 is 5.91 Å². The van der Waals surface area contributed by atoms with Gasteiger partial charge in [0.1, 0.15) is 10.5 Å². The molecule has 6 nitrogen and oxygen atoms in total. The Morgan fingerprint density at radius 2 is 1.79 bits per heavy atom. The summed E-state index contributed by atoms with van der Waals surface area (Å²) in [7, 11) is 1.53. The lowest BCUT2D eigenvalue weighted by Gasteiger charge is -2.15. The normalized spacial score (nSPS) is 11.2. The molecular formula is C25H18Cl2N4O2S. The van der Waals surface area contributed by atoms with Gasteiger partial charge in [0.25, 0.3) is 11.8 Å². The summed E-state index contributed by atoms with van der Waals surface area (Å²) in [4.78, 5) is 31.5. The summed E-state index contributed by atoms with van der Waals surface area (Å²) in [5.74, 6) is -0.295. The van der Waals surface area contributed by atoms with Crippen molar-refractivity contribution in [2.24, 2.45) is 0 Å². The average molecular weight is 509 g/mol. The molecule has 3 aromatic heterocycles. The predicted molar refractivity (Wildman–Crippen MR) is 139 cm³/mol. The van der Waals surface area contributed by atoms with Crippen LogP contribution in [-0.2, 0) is 0 Å². The fourth-order valence-electron chi connectivity index (χ4n) is 3.99. The Labute approximate surface area is 209 Å². The molecule has 0 saturated heterocycles. The Hall–Kier alpha value is -3.39. The van der Waals surface area contributed by atoms with Crippen LogP contribution in [0.25, 0.3) is 26.1 Å². The third-order valence-corrected chi connectivity index (χ3v) is 7.22. The molecule has 34 heavy (non-hydrogen) atoms. The van der Waals surface area contributed by atoms with E-state index in [1.54, 1.807) is 47.2 Å². The first-order valence-electron chi connectivity index (χ1n) is 10.4. The first kappa shape index (κ1) is 22.4. The van der Waals surface area contributed by atoms with Crippen LogP contribution in [0.3, 0.4) is 0 Å². The van der Waals surface area contributed by atoms with Gasteiger partial charge in [-0.15, -0.1) is 11.3 Å². The minimum absolute atomic E-state index is 0.280. The number of thiophene rings is 1. The Morgan fingerprint density at radius 1 is 1.00 bits per heavy atom. The summed E-state index contributed by atoms with van der Waals surface area (Å²) in [5, 5.41) is 8.30. The number of hydrogen-bond acceptors (Lipinski definition) is 4. The molecule has 0 spiro atoms. The Balaban J connectivity index is 1.71.